The lowest BCUT2D eigenvalue weighted by atomic mass is 9.99. The SMILES string of the molecule is CCCc1ccc(C(F)(F)Oc2ccc(C3COC(c4cc(F)c(F)c(F)c4)OC3)c(F)c2)c(F)c1F. The lowest BCUT2D eigenvalue weighted by Crippen LogP contribution is -2.27. The molecule has 198 valence electrons. The molecular formula is C26H20F8O3. The number of hydrogen-bond acceptors (Lipinski definition) is 3. The van der Waals surface area contributed by atoms with Gasteiger partial charge in [0.05, 0.1) is 13.2 Å². The number of halogens is 8. The summed E-state index contributed by atoms with van der Waals surface area (Å²) < 4.78 is 128. The molecule has 37 heavy (non-hydrogen) atoms. The number of hydrogen-bond donors (Lipinski definition) is 0. The van der Waals surface area contributed by atoms with Crippen molar-refractivity contribution in [2.45, 2.75) is 38.1 Å². The molecule has 1 saturated heterocycles. The zero-order valence-electron chi connectivity index (χ0n) is 19.3. The fourth-order valence-corrected chi connectivity index (χ4v) is 3.97. The fraction of sp³-hybridized carbons (Fsp3) is 0.308. The minimum atomic E-state index is -4.30. The van der Waals surface area contributed by atoms with E-state index in [1.165, 1.54) is 0 Å². The van der Waals surface area contributed by atoms with E-state index in [0.29, 0.717) is 24.6 Å². The van der Waals surface area contributed by atoms with Crippen LogP contribution in [0.25, 0.3) is 0 Å². The Hall–Kier alpha value is -3.18. The van der Waals surface area contributed by atoms with Crippen molar-refractivity contribution in [1.29, 1.82) is 0 Å². The van der Waals surface area contributed by atoms with Crippen LogP contribution in [0.4, 0.5) is 35.1 Å². The summed E-state index contributed by atoms with van der Waals surface area (Å²) in [5, 5.41) is 0. The highest BCUT2D eigenvalue weighted by molar-refractivity contribution is 5.34. The second-order valence-corrected chi connectivity index (χ2v) is 8.45. The van der Waals surface area contributed by atoms with Gasteiger partial charge in [0.1, 0.15) is 17.1 Å². The lowest BCUT2D eigenvalue weighted by molar-refractivity contribution is -0.192. The van der Waals surface area contributed by atoms with Crippen LogP contribution in [0.3, 0.4) is 0 Å². The summed E-state index contributed by atoms with van der Waals surface area (Å²) in [6.45, 7) is 1.37. The molecule has 0 amide bonds. The van der Waals surface area contributed by atoms with Crippen LogP contribution in [0.2, 0.25) is 0 Å². The summed E-state index contributed by atoms with van der Waals surface area (Å²) in [6.07, 6.45) is -4.89. The molecule has 0 aliphatic carbocycles. The molecule has 4 rings (SSSR count). The Morgan fingerprint density at radius 2 is 1.46 bits per heavy atom. The largest absolute Gasteiger partial charge is 0.429 e. The Kier molecular flexibility index (Phi) is 7.75. The standard InChI is InChI=1S/C26H20F8O3/c1-2-3-13-4-7-18(23(31)22(13)30)26(33,34)37-16-5-6-17(19(27)10-16)15-11-35-25(36-12-15)14-8-20(28)24(32)21(29)9-14/h4-10,15,25H,2-3,11-12H2,1H3. The second kappa shape index (κ2) is 10.7. The van der Waals surface area contributed by atoms with E-state index in [2.05, 4.69) is 4.74 Å². The van der Waals surface area contributed by atoms with Gasteiger partial charge in [0.15, 0.2) is 35.4 Å². The molecule has 1 aliphatic rings. The summed E-state index contributed by atoms with van der Waals surface area (Å²) >= 11 is 0. The third-order valence-electron chi connectivity index (χ3n) is 5.83. The Balaban J connectivity index is 1.45. The van der Waals surface area contributed by atoms with Crippen LogP contribution in [-0.2, 0) is 22.0 Å². The molecule has 1 heterocycles. The molecule has 0 atom stereocenters. The summed E-state index contributed by atoms with van der Waals surface area (Å²) in [4.78, 5) is 0. The van der Waals surface area contributed by atoms with E-state index in [4.69, 9.17) is 9.47 Å². The van der Waals surface area contributed by atoms with Crippen molar-refractivity contribution in [1.82, 2.24) is 0 Å². The van der Waals surface area contributed by atoms with Gasteiger partial charge >= 0.3 is 6.11 Å². The van der Waals surface area contributed by atoms with Crippen LogP contribution in [0, 0.1) is 34.9 Å². The number of aryl methyl sites for hydroxylation is 1. The van der Waals surface area contributed by atoms with Crippen molar-refractivity contribution in [2.24, 2.45) is 0 Å². The van der Waals surface area contributed by atoms with Gasteiger partial charge in [-0.3, -0.25) is 0 Å². The van der Waals surface area contributed by atoms with Gasteiger partial charge in [0.25, 0.3) is 0 Å². The quantitative estimate of drug-likeness (QED) is 0.234. The van der Waals surface area contributed by atoms with Gasteiger partial charge < -0.3 is 14.2 Å². The molecule has 0 unspecified atom stereocenters. The lowest BCUT2D eigenvalue weighted by Gasteiger charge is -2.30. The summed E-state index contributed by atoms with van der Waals surface area (Å²) in [6, 6.07) is 5.99. The van der Waals surface area contributed by atoms with E-state index in [1.54, 1.807) is 6.92 Å². The highest BCUT2D eigenvalue weighted by Gasteiger charge is 2.39. The van der Waals surface area contributed by atoms with Gasteiger partial charge in [0, 0.05) is 17.5 Å². The van der Waals surface area contributed by atoms with E-state index in [9.17, 15) is 35.1 Å². The predicted molar refractivity (Wildman–Crippen MR) is 115 cm³/mol. The first-order chi connectivity index (χ1) is 17.5. The van der Waals surface area contributed by atoms with Crippen molar-refractivity contribution in [3.63, 3.8) is 0 Å². The maximum Gasteiger partial charge on any atom is 0.429 e. The molecule has 0 aromatic heterocycles. The molecule has 0 radical (unpaired) electrons. The molecule has 1 aliphatic heterocycles. The number of rotatable bonds is 7. The maximum atomic E-state index is 14.8. The highest BCUT2D eigenvalue weighted by atomic mass is 19.3. The van der Waals surface area contributed by atoms with Crippen molar-refractivity contribution in [2.75, 3.05) is 13.2 Å². The third kappa shape index (κ3) is 5.57. The number of benzene rings is 3. The first-order valence-electron chi connectivity index (χ1n) is 11.2. The Morgan fingerprint density at radius 3 is 2.05 bits per heavy atom. The summed E-state index contributed by atoms with van der Waals surface area (Å²) in [5.74, 6) is -9.98. The molecule has 3 aromatic carbocycles. The van der Waals surface area contributed by atoms with Crippen molar-refractivity contribution >= 4 is 0 Å². The zero-order valence-corrected chi connectivity index (χ0v) is 19.3. The minimum absolute atomic E-state index is 0.00623. The molecule has 1 fully saturated rings. The Bertz CT molecular complexity index is 1270. The molecular weight excluding hydrogens is 512 g/mol. The molecule has 0 saturated carbocycles. The van der Waals surface area contributed by atoms with Crippen LogP contribution in [0.15, 0.2) is 42.5 Å². The first-order valence-corrected chi connectivity index (χ1v) is 11.2. The fourth-order valence-electron chi connectivity index (χ4n) is 3.97. The monoisotopic (exact) mass is 532 g/mol. The van der Waals surface area contributed by atoms with Crippen LogP contribution in [-0.4, -0.2) is 13.2 Å². The average Bonchev–Trinajstić information content (AvgIpc) is 2.85. The van der Waals surface area contributed by atoms with Gasteiger partial charge in [-0.2, -0.15) is 8.78 Å². The third-order valence-corrected chi connectivity index (χ3v) is 5.83. The topological polar surface area (TPSA) is 27.7 Å². The molecule has 3 nitrogen and oxygen atoms in total. The van der Waals surface area contributed by atoms with E-state index in [0.717, 1.165) is 24.3 Å². The van der Waals surface area contributed by atoms with Gasteiger partial charge in [-0.25, -0.2) is 26.3 Å². The summed E-state index contributed by atoms with van der Waals surface area (Å²) in [5.41, 5.74) is -1.49. The van der Waals surface area contributed by atoms with E-state index < -0.39 is 64.5 Å². The second-order valence-electron chi connectivity index (χ2n) is 8.45. The first kappa shape index (κ1) is 26.9. The van der Waals surface area contributed by atoms with Crippen molar-refractivity contribution < 1.29 is 49.3 Å². The zero-order chi connectivity index (χ0) is 26.9. The van der Waals surface area contributed by atoms with Gasteiger partial charge in [-0.15, -0.1) is 0 Å². The Labute approximate surface area is 206 Å². The van der Waals surface area contributed by atoms with Crippen LogP contribution in [0.5, 0.6) is 5.75 Å². The molecule has 0 spiro atoms. The Morgan fingerprint density at radius 1 is 0.811 bits per heavy atom. The highest BCUT2D eigenvalue weighted by Crippen LogP contribution is 2.37. The maximum absolute atomic E-state index is 14.8. The average molecular weight is 532 g/mol. The normalized spacial score (nSPS) is 18.2. The van der Waals surface area contributed by atoms with Crippen LogP contribution in [0.1, 0.15) is 47.8 Å². The molecule has 11 heteroatoms. The molecule has 0 bridgehead atoms. The van der Waals surface area contributed by atoms with E-state index in [-0.39, 0.29) is 36.3 Å². The van der Waals surface area contributed by atoms with Crippen molar-refractivity contribution in [3.05, 3.63) is 99.6 Å². The molecule has 0 N–H and O–H groups in total. The van der Waals surface area contributed by atoms with Crippen LogP contribution >= 0.6 is 0 Å². The van der Waals surface area contributed by atoms with Crippen LogP contribution < -0.4 is 4.74 Å². The summed E-state index contributed by atoms with van der Waals surface area (Å²) in [7, 11) is 0. The van der Waals surface area contributed by atoms with Gasteiger partial charge in [-0.05, 0) is 41.8 Å². The van der Waals surface area contributed by atoms with E-state index >= 15 is 0 Å². The smallest absolute Gasteiger partial charge is 0.429 e. The van der Waals surface area contributed by atoms with E-state index in [1.807, 2.05) is 0 Å². The van der Waals surface area contributed by atoms with Gasteiger partial charge in [-0.1, -0.05) is 25.5 Å². The predicted octanol–water partition coefficient (Wildman–Crippen LogP) is 7.43. The van der Waals surface area contributed by atoms with Gasteiger partial charge in [0.2, 0.25) is 0 Å². The van der Waals surface area contributed by atoms with Crippen molar-refractivity contribution in [3.8, 4) is 5.75 Å². The minimum Gasteiger partial charge on any atom is -0.429 e. The molecule has 3 aromatic rings. The number of ether oxygens (including phenoxy) is 3. The number of alkyl halides is 2.